The van der Waals surface area contributed by atoms with E-state index in [2.05, 4.69) is 10.3 Å². The number of carbonyl (C=O) groups excluding carboxylic acids is 1. The lowest BCUT2D eigenvalue weighted by atomic mass is 10.2. The van der Waals surface area contributed by atoms with Gasteiger partial charge in [-0.1, -0.05) is 0 Å². The Morgan fingerprint density at radius 3 is 3.07 bits per heavy atom. The van der Waals surface area contributed by atoms with Gasteiger partial charge in [0.2, 0.25) is 5.56 Å². The van der Waals surface area contributed by atoms with Crippen LogP contribution in [0, 0.1) is 0 Å². The van der Waals surface area contributed by atoms with Crippen LogP contribution in [-0.4, -0.2) is 30.6 Å². The Labute approximate surface area is 87.5 Å². The number of nitrogens with one attached hydrogen (secondary N) is 2. The molecule has 2 N–H and O–H groups in total. The minimum Gasteiger partial charge on any atom is -0.380 e. The maximum atomic E-state index is 11.4. The Bertz CT molecular complexity index is 373. The zero-order chi connectivity index (χ0) is 11.1. The number of pyridine rings is 1. The Morgan fingerprint density at radius 2 is 2.40 bits per heavy atom. The summed E-state index contributed by atoms with van der Waals surface area (Å²) in [6.45, 7) is 3.43. The second-order valence-electron chi connectivity index (χ2n) is 2.89. The molecule has 5 heteroatoms. The molecule has 1 aromatic heterocycles. The second-order valence-corrected chi connectivity index (χ2v) is 2.89. The van der Waals surface area contributed by atoms with Gasteiger partial charge in [0.25, 0.3) is 5.91 Å². The molecule has 0 aromatic carbocycles. The molecule has 5 nitrogen and oxygen atoms in total. The highest BCUT2D eigenvalue weighted by molar-refractivity contribution is 5.93. The van der Waals surface area contributed by atoms with Gasteiger partial charge in [0.1, 0.15) is 0 Å². The van der Waals surface area contributed by atoms with Crippen LogP contribution in [0.1, 0.15) is 17.3 Å². The number of rotatable bonds is 5. The zero-order valence-corrected chi connectivity index (χ0v) is 8.58. The Morgan fingerprint density at radius 1 is 1.60 bits per heavy atom. The SMILES string of the molecule is CCOCCNC(=O)c1cc[nH]c(=O)c1. The molecule has 1 amide bonds. The third-order valence-corrected chi connectivity index (χ3v) is 1.77. The zero-order valence-electron chi connectivity index (χ0n) is 8.58. The molecule has 0 atom stereocenters. The van der Waals surface area contributed by atoms with Crippen LogP contribution in [-0.2, 0) is 4.74 Å². The van der Waals surface area contributed by atoms with Crippen molar-refractivity contribution in [1.82, 2.24) is 10.3 Å². The van der Waals surface area contributed by atoms with E-state index in [1.807, 2.05) is 6.92 Å². The van der Waals surface area contributed by atoms with E-state index in [1.54, 1.807) is 6.07 Å². The van der Waals surface area contributed by atoms with Gasteiger partial charge in [-0.3, -0.25) is 9.59 Å². The van der Waals surface area contributed by atoms with E-state index in [0.717, 1.165) is 0 Å². The molecule has 1 rings (SSSR count). The van der Waals surface area contributed by atoms with Gasteiger partial charge in [-0.2, -0.15) is 0 Å². The van der Waals surface area contributed by atoms with Crippen molar-refractivity contribution in [3.63, 3.8) is 0 Å². The molecule has 82 valence electrons. The molecule has 0 aliphatic heterocycles. The number of hydrogen-bond acceptors (Lipinski definition) is 3. The number of aromatic amines is 1. The Kier molecular flexibility index (Phi) is 4.56. The normalized spacial score (nSPS) is 9.93. The minimum absolute atomic E-state index is 0.263. The van der Waals surface area contributed by atoms with E-state index in [-0.39, 0.29) is 11.5 Å². The fourth-order valence-corrected chi connectivity index (χ4v) is 1.07. The lowest BCUT2D eigenvalue weighted by molar-refractivity contribution is 0.0922. The van der Waals surface area contributed by atoms with Crippen molar-refractivity contribution in [3.05, 3.63) is 34.2 Å². The molecule has 0 aliphatic carbocycles. The molecule has 0 saturated heterocycles. The summed E-state index contributed by atoms with van der Waals surface area (Å²) < 4.78 is 5.06. The summed E-state index contributed by atoms with van der Waals surface area (Å²) in [5, 5.41) is 2.64. The predicted octanol–water partition coefficient (Wildman–Crippen LogP) is 0.141. The number of carbonyl (C=O) groups is 1. The summed E-state index contributed by atoms with van der Waals surface area (Å²) in [6, 6.07) is 2.81. The van der Waals surface area contributed by atoms with Gasteiger partial charge in [-0.25, -0.2) is 0 Å². The van der Waals surface area contributed by atoms with Gasteiger partial charge in [-0.05, 0) is 13.0 Å². The van der Waals surface area contributed by atoms with Crippen molar-refractivity contribution >= 4 is 5.91 Å². The molecule has 0 fully saturated rings. The monoisotopic (exact) mass is 210 g/mol. The summed E-state index contributed by atoms with van der Waals surface area (Å²) in [5.41, 5.74) is 0.0720. The van der Waals surface area contributed by atoms with Crippen LogP contribution in [0.2, 0.25) is 0 Å². The van der Waals surface area contributed by atoms with Crippen LogP contribution in [0.15, 0.2) is 23.1 Å². The minimum atomic E-state index is -0.285. The summed E-state index contributed by atoms with van der Waals surface area (Å²) in [7, 11) is 0. The van der Waals surface area contributed by atoms with Crippen molar-refractivity contribution < 1.29 is 9.53 Å². The molecule has 0 bridgehead atoms. The first-order chi connectivity index (χ1) is 7.24. The average molecular weight is 210 g/mol. The first-order valence-corrected chi connectivity index (χ1v) is 4.78. The topological polar surface area (TPSA) is 71.2 Å². The van der Waals surface area contributed by atoms with Gasteiger partial charge >= 0.3 is 0 Å². The van der Waals surface area contributed by atoms with E-state index >= 15 is 0 Å². The standard InChI is InChI=1S/C10H14N2O3/c1-2-15-6-5-12-10(14)8-3-4-11-9(13)7-8/h3-4,7H,2,5-6H2,1H3,(H,11,13)(H,12,14). The molecule has 1 heterocycles. The number of amides is 1. The Balaban J connectivity index is 2.44. The van der Waals surface area contributed by atoms with Crippen molar-refractivity contribution in [3.8, 4) is 0 Å². The Hall–Kier alpha value is -1.62. The van der Waals surface area contributed by atoms with E-state index < -0.39 is 0 Å². The maximum absolute atomic E-state index is 11.4. The van der Waals surface area contributed by atoms with Crippen LogP contribution in [0.25, 0.3) is 0 Å². The lowest BCUT2D eigenvalue weighted by Gasteiger charge is -2.04. The van der Waals surface area contributed by atoms with Crippen LogP contribution in [0.3, 0.4) is 0 Å². The highest BCUT2D eigenvalue weighted by Crippen LogP contribution is 1.91. The smallest absolute Gasteiger partial charge is 0.251 e. The van der Waals surface area contributed by atoms with Crippen molar-refractivity contribution in [2.24, 2.45) is 0 Å². The van der Waals surface area contributed by atoms with Gasteiger partial charge < -0.3 is 15.0 Å². The predicted molar refractivity (Wildman–Crippen MR) is 55.9 cm³/mol. The number of aromatic nitrogens is 1. The van der Waals surface area contributed by atoms with Crippen molar-refractivity contribution in [2.45, 2.75) is 6.92 Å². The molecule has 0 unspecified atom stereocenters. The van der Waals surface area contributed by atoms with Gasteiger partial charge in [0.15, 0.2) is 0 Å². The average Bonchev–Trinajstić information content (AvgIpc) is 2.24. The molecule has 0 spiro atoms. The summed E-state index contributed by atoms with van der Waals surface area (Å²) >= 11 is 0. The first kappa shape index (κ1) is 11.5. The fourth-order valence-electron chi connectivity index (χ4n) is 1.07. The fraction of sp³-hybridized carbons (Fsp3) is 0.400. The lowest BCUT2D eigenvalue weighted by Crippen LogP contribution is -2.28. The van der Waals surface area contributed by atoms with Crippen LogP contribution < -0.4 is 10.9 Å². The van der Waals surface area contributed by atoms with E-state index in [1.165, 1.54) is 12.3 Å². The summed E-state index contributed by atoms with van der Waals surface area (Å²) in [5.74, 6) is -0.263. The molecular weight excluding hydrogens is 196 g/mol. The van der Waals surface area contributed by atoms with Crippen LogP contribution in [0.4, 0.5) is 0 Å². The molecule has 0 saturated carbocycles. The second kappa shape index (κ2) is 5.98. The highest BCUT2D eigenvalue weighted by atomic mass is 16.5. The highest BCUT2D eigenvalue weighted by Gasteiger charge is 2.04. The number of ether oxygens (including phenoxy) is 1. The van der Waals surface area contributed by atoms with Gasteiger partial charge in [-0.15, -0.1) is 0 Å². The quantitative estimate of drug-likeness (QED) is 0.679. The third kappa shape index (κ3) is 3.95. The molecule has 0 aliphatic rings. The van der Waals surface area contributed by atoms with E-state index in [9.17, 15) is 9.59 Å². The molecule has 1 aromatic rings. The van der Waals surface area contributed by atoms with Gasteiger partial charge in [0.05, 0.1) is 6.61 Å². The van der Waals surface area contributed by atoms with E-state index in [4.69, 9.17) is 4.74 Å². The van der Waals surface area contributed by atoms with Crippen LogP contribution >= 0.6 is 0 Å². The molecular formula is C10H14N2O3. The molecule has 0 radical (unpaired) electrons. The van der Waals surface area contributed by atoms with Crippen molar-refractivity contribution in [2.75, 3.05) is 19.8 Å². The number of hydrogen-bond donors (Lipinski definition) is 2. The first-order valence-electron chi connectivity index (χ1n) is 4.78. The van der Waals surface area contributed by atoms with E-state index in [0.29, 0.717) is 25.3 Å². The summed E-state index contributed by atoms with van der Waals surface area (Å²) in [4.78, 5) is 24.8. The largest absolute Gasteiger partial charge is 0.380 e. The summed E-state index contributed by atoms with van der Waals surface area (Å²) in [6.07, 6.45) is 1.44. The third-order valence-electron chi connectivity index (χ3n) is 1.77. The molecule has 15 heavy (non-hydrogen) atoms. The van der Waals surface area contributed by atoms with Gasteiger partial charge in [0, 0.05) is 31.0 Å². The number of H-pyrrole nitrogens is 1. The van der Waals surface area contributed by atoms with Crippen LogP contribution in [0.5, 0.6) is 0 Å². The maximum Gasteiger partial charge on any atom is 0.251 e. The van der Waals surface area contributed by atoms with Crippen molar-refractivity contribution in [1.29, 1.82) is 0 Å².